The van der Waals surface area contributed by atoms with Crippen LogP contribution in [0.3, 0.4) is 0 Å². The molecule has 134 valence electrons. The molecule has 1 atom stereocenters. The van der Waals surface area contributed by atoms with Crippen LogP contribution in [-0.4, -0.2) is 60.3 Å². The Balaban J connectivity index is 1.22. The highest BCUT2D eigenvalue weighted by molar-refractivity contribution is 5.83. The molecule has 1 aliphatic heterocycles. The van der Waals surface area contributed by atoms with Crippen LogP contribution in [0, 0.1) is 17.3 Å². The Hall–Kier alpha value is -1.14. The first-order valence-corrected chi connectivity index (χ1v) is 9.40. The number of hydrogen-bond donors (Lipinski definition) is 2. The van der Waals surface area contributed by atoms with Gasteiger partial charge in [-0.15, -0.1) is 0 Å². The highest BCUT2D eigenvalue weighted by atomic mass is 16.5. The van der Waals surface area contributed by atoms with Crippen LogP contribution in [0.4, 0.5) is 0 Å². The van der Waals surface area contributed by atoms with Crippen molar-refractivity contribution in [2.75, 3.05) is 26.3 Å². The molecule has 0 aromatic heterocycles. The van der Waals surface area contributed by atoms with Crippen LogP contribution in [0.15, 0.2) is 0 Å². The first-order valence-electron chi connectivity index (χ1n) is 9.40. The Morgan fingerprint density at radius 2 is 1.92 bits per heavy atom. The zero-order valence-electron chi connectivity index (χ0n) is 14.2. The van der Waals surface area contributed by atoms with E-state index in [0.29, 0.717) is 12.0 Å². The van der Waals surface area contributed by atoms with Gasteiger partial charge in [-0.25, -0.2) is 0 Å². The zero-order valence-corrected chi connectivity index (χ0v) is 14.2. The molecule has 1 amide bonds. The van der Waals surface area contributed by atoms with Crippen LogP contribution >= 0.6 is 0 Å². The van der Waals surface area contributed by atoms with Crippen LogP contribution < -0.4 is 5.32 Å². The number of nitrogens with one attached hydrogen (secondary N) is 1. The molecule has 4 rings (SSSR count). The molecule has 3 saturated carbocycles. The molecule has 0 unspecified atom stereocenters. The van der Waals surface area contributed by atoms with E-state index in [2.05, 4.69) is 10.2 Å². The fourth-order valence-electron chi connectivity index (χ4n) is 4.50. The lowest BCUT2D eigenvalue weighted by molar-refractivity contribution is -0.140. The lowest BCUT2D eigenvalue weighted by atomic mass is 9.84. The molecule has 24 heavy (non-hydrogen) atoms. The minimum absolute atomic E-state index is 0.133. The van der Waals surface area contributed by atoms with Crippen molar-refractivity contribution < 1.29 is 19.4 Å². The van der Waals surface area contributed by atoms with Crippen molar-refractivity contribution in [1.29, 1.82) is 0 Å². The van der Waals surface area contributed by atoms with E-state index in [4.69, 9.17) is 9.84 Å². The standard InChI is InChI=1S/C18H28N2O4/c21-16(22)11-20(10-12-1-2-12)14-7-13(8-14)19-17(23)15-9-18(15)3-5-24-6-4-18/h12-15H,1-11H2,(H,19,23)(H,21,22)/t13?,14?,15-/m0/s1. The van der Waals surface area contributed by atoms with Crippen molar-refractivity contribution in [2.24, 2.45) is 17.3 Å². The number of ether oxygens (including phenoxy) is 1. The van der Waals surface area contributed by atoms with Crippen LogP contribution in [0.1, 0.15) is 44.9 Å². The van der Waals surface area contributed by atoms with Gasteiger partial charge in [0.05, 0.1) is 6.54 Å². The van der Waals surface area contributed by atoms with Gasteiger partial charge in [0, 0.05) is 37.8 Å². The summed E-state index contributed by atoms with van der Waals surface area (Å²) in [6, 6.07) is 0.554. The lowest BCUT2D eigenvalue weighted by Crippen LogP contribution is -2.55. The third-order valence-electron chi connectivity index (χ3n) is 6.50. The molecule has 6 heteroatoms. The van der Waals surface area contributed by atoms with E-state index in [9.17, 15) is 9.59 Å². The van der Waals surface area contributed by atoms with E-state index in [-0.39, 0.29) is 29.8 Å². The quantitative estimate of drug-likeness (QED) is 0.731. The van der Waals surface area contributed by atoms with E-state index in [1.165, 1.54) is 12.8 Å². The molecule has 1 saturated heterocycles. The maximum absolute atomic E-state index is 12.5. The number of aliphatic carboxylic acids is 1. The second kappa shape index (κ2) is 6.30. The molecule has 4 aliphatic rings. The number of carboxylic acid groups (broad SMARTS) is 1. The van der Waals surface area contributed by atoms with Gasteiger partial charge in [0.25, 0.3) is 0 Å². The monoisotopic (exact) mass is 336 g/mol. The van der Waals surface area contributed by atoms with Gasteiger partial charge in [-0.05, 0) is 56.3 Å². The molecule has 4 fully saturated rings. The van der Waals surface area contributed by atoms with Crippen molar-refractivity contribution in [2.45, 2.75) is 57.0 Å². The second-order valence-corrected chi connectivity index (χ2v) is 8.33. The van der Waals surface area contributed by atoms with Crippen molar-refractivity contribution in [3.63, 3.8) is 0 Å². The Morgan fingerprint density at radius 3 is 2.54 bits per heavy atom. The molecule has 0 radical (unpaired) electrons. The molecule has 0 aromatic rings. The number of nitrogens with zero attached hydrogens (tertiary/aromatic N) is 1. The largest absolute Gasteiger partial charge is 0.480 e. The van der Waals surface area contributed by atoms with Gasteiger partial charge < -0.3 is 15.2 Å². The summed E-state index contributed by atoms with van der Waals surface area (Å²) in [6.07, 6.45) is 7.32. The number of rotatable bonds is 7. The summed E-state index contributed by atoms with van der Waals surface area (Å²) in [5.74, 6) is 0.342. The van der Waals surface area contributed by atoms with Gasteiger partial charge in [-0.2, -0.15) is 0 Å². The van der Waals surface area contributed by atoms with E-state index < -0.39 is 5.97 Å². The fourth-order valence-corrected chi connectivity index (χ4v) is 4.50. The molecule has 2 N–H and O–H groups in total. The Labute approximate surface area is 142 Å². The van der Waals surface area contributed by atoms with Crippen LogP contribution in [0.2, 0.25) is 0 Å². The fraction of sp³-hybridized carbons (Fsp3) is 0.889. The van der Waals surface area contributed by atoms with Crippen molar-refractivity contribution in [1.82, 2.24) is 10.2 Å². The first kappa shape index (κ1) is 16.3. The Bertz CT molecular complexity index is 507. The SMILES string of the molecule is O=C(O)CN(CC1CC1)C1CC(NC(=O)[C@@H]2CC23CCOCC3)C1. The van der Waals surface area contributed by atoms with Crippen molar-refractivity contribution in [3.05, 3.63) is 0 Å². The minimum Gasteiger partial charge on any atom is -0.480 e. The zero-order chi connectivity index (χ0) is 16.7. The molecular weight excluding hydrogens is 308 g/mol. The summed E-state index contributed by atoms with van der Waals surface area (Å²) in [7, 11) is 0. The summed E-state index contributed by atoms with van der Waals surface area (Å²) < 4.78 is 5.41. The Morgan fingerprint density at radius 1 is 1.21 bits per heavy atom. The van der Waals surface area contributed by atoms with Crippen LogP contribution in [0.5, 0.6) is 0 Å². The smallest absolute Gasteiger partial charge is 0.317 e. The highest BCUT2D eigenvalue weighted by Gasteiger charge is 2.58. The number of hydrogen-bond acceptors (Lipinski definition) is 4. The number of carbonyl (C=O) groups is 2. The van der Waals surface area contributed by atoms with Gasteiger partial charge in [-0.3, -0.25) is 14.5 Å². The van der Waals surface area contributed by atoms with Crippen molar-refractivity contribution >= 4 is 11.9 Å². The molecular formula is C18H28N2O4. The van der Waals surface area contributed by atoms with Gasteiger partial charge in [0.1, 0.15) is 0 Å². The van der Waals surface area contributed by atoms with Crippen LogP contribution in [0.25, 0.3) is 0 Å². The molecule has 1 spiro atoms. The van der Waals surface area contributed by atoms with Gasteiger partial charge >= 0.3 is 5.97 Å². The van der Waals surface area contributed by atoms with E-state index in [1.807, 2.05) is 0 Å². The lowest BCUT2D eigenvalue weighted by Gasteiger charge is -2.43. The minimum atomic E-state index is -0.748. The van der Waals surface area contributed by atoms with Gasteiger partial charge in [0.15, 0.2) is 0 Å². The highest BCUT2D eigenvalue weighted by Crippen LogP contribution is 2.59. The number of carboxylic acids is 1. The number of amides is 1. The van der Waals surface area contributed by atoms with E-state index >= 15 is 0 Å². The van der Waals surface area contributed by atoms with E-state index in [1.54, 1.807) is 0 Å². The topological polar surface area (TPSA) is 78.9 Å². The summed E-state index contributed by atoms with van der Waals surface area (Å²) in [6.45, 7) is 2.62. The summed E-state index contributed by atoms with van der Waals surface area (Å²) in [4.78, 5) is 25.6. The molecule has 6 nitrogen and oxygen atoms in total. The molecule has 3 aliphatic carbocycles. The maximum atomic E-state index is 12.5. The third kappa shape index (κ3) is 3.45. The summed E-state index contributed by atoms with van der Waals surface area (Å²) in [5.41, 5.74) is 0.229. The molecule has 0 aromatic carbocycles. The average molecular weight is 336 g/mol. The van der Waals surface area contributed by atoms with Gasteiger partial charge in [0.2, 0.25) is 5.91 Å². The average Bonchev–Trinajstić information content (AvgIpc) is 3.41. The van der Waals surface area contributed by atoms with E-state index in [0.717, 1.165) is 51.9 Å². The third-order valence-corrected chi connectivity index (χ3v) is 6.50. The first-order chi connectivity index (χ1) is 11.6. The molecule has 0 bridgehead atoms. The molecule has 1 heterocycles. The predicted molar refractivity (Wildman–Crippen MR) is 87.5 cm³/mol. The normalized spacial score (nSPS) is 34.0. The Kier molecular flexibility index (Phi) is 4.29. The number of carbonyl (C=O) groups excluding carboxylic acids is 1. The van der Waals surface area contributed by atoms with Crippen LogP contribution in [-0.2, 0) is 14.3 Å². The summed E-state index contributed by atoms with van der Waals surface area (Å²) in [5, 5.41) is 12.3. The second-order valence-electron chi connectivity index (χ2n) is 8.33. The summed E-state index contributed by atoms with van der Waals surface area (Å²) >= 11 is 0. The predicted octanol–water partition coefficient (Wildman–Crippen LogP) is 1.25. The van der Waals surface area contributed by atoms with Crippen molar-refractivity contribution in [3.8, 4) is 0 Å². The maximum Gasteiger partial charge on any atom is 0.317 e. The van der Waals surface area contributed by atoms with Gasteiger partial charge in [-0.1, -0.05) is 0 Å².